The highest BCUT2D eigenvalue weighted by molar-refractivity contribution is 7.15. The van der Waals surface area contributed by atoms with Crippen LogP contribution in [0.3, 0.4) is 0 Å². The van der Waals surface area contributed by atoms with Gasteiger partial charge in [0.15, 0.2) is 0 Å². The van der Waals surface area contributed by atoms with Crippen LogP contribution in [0.1, 0.15) is 63.6 Å². The topological polar surface area (TPSA) is 108 Å². The predicted molar refractivity (Wildman–Crippen MR) is 136 cm³/mol. The van der Waals surface area contributed by atoms with Crippen molar-refractivity contribution in [3.8, 4) is 10.6 Å². The van der Waals surface area contributed by atoms with Crippen molar-refractivity contribution < 1.29 is 19.4 Å². The van der Waals surface area contributed by atoms with Gasteiger partial charge in [0, 0.05) is 12.4 Å². The highest BCUT2D eigenvalue weighted by Gasteiger charge is 2.39. The van der Waals surface area contributed by atoms with Gasteiger partial charge < -0.3 is 15.5 Å². The molecule has 0 fully saturated rings. The Labute approximate surface area is 211 Å². The number of carboxylic acid groups (broad SMARTS) is 1. The van der Waals surface area contributed by atoms with E-state index in [-0.39, 0.29) is 5.56 Å². The molecule has 5 rings (SSSR count). The van der Waals surface area contributed by atoms with Crippen LogP contribution < -0.4 is 5.32 Å². The summed E-state index contributed by atoms with van der Waals surface area (Å²) in [5.41, 5.74) is 2.65. The second-order valence-electron chi connectivity index (χ2n) is 9.05. The van der Waals surface area contributed by atoms with Crippen LogP contribution in [0.2, 0.25) is 0 Å². The molecule has 184 valence electrons. The first-order valence-electron chi connectivity index (χ1n) is 11.6. The van der Waals surface area contributed by atoms with Gasteiger partial charge in [-0.3, -0.25) is 0 Å². The molecule has 0 radical (unpaired) electrons. The Kier molecular flexibility index (Phi) is 6.27. The third kappa shape index (κ3) is 4.59. The summed E-state index contributed by atoms with van der Waals surface area (Å²) in [4.78, 5) is 25.7. The second kappa shape index (κ2) is 9.40. The van der Waals surface area contributed by atoms with E-state index in [0.29, 0.717) is 46.3 Å². The number of halogens is 1. The number of rotatable bonds is 6. The fraction of sp³-hybridized carbons (Fsp3) is 0.259. The molecule has 1 aliphatic rings. The number of nitrogens with one attached hydrogen (secondary N) is 1. The van der Waals surface area contributed by atoms with Crippen LogP contribution >= 0.6 is 11.3 Å². The number of aliphatic hydroxyl groups is 1. The first-order chi connectivity index (χ1) is 17.2. The molecule has 9 heteroatoms. The molecular formula is C27H25FN4O3S. The van der Waals surface area contributed by atoms with Gasteiger partial charge in [0.05, 0.1) is 16.1 Å². The zero-order chi connectivity index (χ0) is 25.4. The third-order valence-corrected chi connectivity index (χ3v) is 7.53. The van der Waals surface area contributed by atoms with E-state index >= 15 is 0 Å². The Hall–Kier alpha value is -3.69. The van der Waals surface area contributed by atoms with Gasteiger partial charge in [-0.1, -0.05) is 6.07 Å². The number of carboxylic acids is 1. The average molecular weight is 505 g/mol. The smallest absolute Gasteiger partial charge is 0.335 e. The summed E-state index contributed by atoms with van der Waals surface area (Å²) in [7, 11) is 0. The maximum Gasteiger partial charge on any atom is 0.335 e. The van der Waals surface area contributed by atoms with E-state index in [1.807, 2.05) is 19.1 Å². The molecule has 0 amide bonds. The molecule has 1 aromatic carbocycles. The van der Waals surface area contributed by atoms with Crippen molar-refractivity contribution in [2.45, 2.75) is 44.9 Å². The van der Waals surface area contributed by atoms with Gasteiger partial charge in [-0.2, -0.15) is 0 Å². The number of aryl methyl sites for hydroxylation is 2. The van der Waals surface area contributed by atoms with Gasteiger partial charge >= 0.3 is 5.97 Å². The number of aromatic nitrogens is 3. The molecule has 7 nitrogen and oxygen atoms in total. The lowest BCUT2D eigenvalue weighted by Crippen LogP contribution is -2.32. The quantitative estimate of drug-likeness (QED) is 0.298. The fourth-order valence-corrected chi connectivity index (χ4v) is 5.57. The standard InChI is InChI=1S/C27H25FN4O3S/c1-15-10-21(31-24(11-15)32-23-13-17(16(2)28)7-9-29-23)22-14-30-26(36-22)27(35)8-3-4-18-12-19(25(33)34)5-6-20(18)27/h5-7,9-14,16,35H,3-4,8H2,1-2H3,(H,33,34)(H,29,31,32)/t16-,27-/m0/s1. The van der Waals surface area contributed by atoms with E-state index < -0.39 is 17.7 Å². The van der Waals surface area contributed by atoms with Gasteiger partial charge in [0.1, 0.15) is 28.4 Å². The summed E-state index contributed by atoms with van der Waals surface area (Å²) in [6.45, 7) is 3.43. The maximum atomic E-state index is 13.7. The Morgan fingerprint density at radius 3 is 2.78 bits per heavy atom. The van der Waals surface area contributed by atoms with Crippen molar-refractivity contribution in [3.63, 3.8) is 0 Å². The normalized spacial score (nSPS) is 17.9. The number of carbonyl (C=O) groups is 1. The van der Waals surface area contributed by atoms with E-state index in [0.717, 1.165) is 22.4 Å². The molecule has 0 saturated carbocycles. The van der Waals surface area contributed by atoms with Crippen LogP contribution in [-0.4, -0.2) is 31.1 Å². The molecule has 4 aromatic rings. The minimum atomic E-state index is -1.29. The van der Waals surface area contributed by atoms with Gasteiger partial charge in [0.2, 0.25) is 0 Å². The Bertz CT molecular complexity index is 1450. The van der Waals surface area contributed by atoms with Gasteiger partial charge in [-0.05, 0) is 91.8 Å². The van der Waals surface area contributed by atoms with Crippen LogP contribution in [0.5, 0.6) is 0 Å². The number of aromatic carboxylic acids is 1. The molecule has 2 atom stereocenters. The third-order valence-electron chi connectivity index (χ3n) is 6.36. The minimum Gasteiger partial charge on any atom is -0.478 e. The molecule has 3 heterocycles. The molecule has 0 unspecified atom stereocenters. The Morgan fingerprint density at radius 2 is 2.00 bits per heavy atom. The van der Waals surface area contributed by atoms with Crippen molar-refractivity contribution in [3.05, 3.63) is 87.7 Å². The van der Waals surface area contributed by atoms with E-state index in [9.17, 15) is 19.4 Å². The first-order valence-corrected chi connectivity index (χ1v) is 12.5. The summed E-state index contributed by atoms with van der Waals surface area (Å²) in [6.07, 6.45) is 4.10. The highest BCUT2D eigenvalue weighted by atomic mass is 32.1. The molecule has 0 spiro atoms. The molecule has 0 aliphatic heterocycles. The molecular weight excluding hydrogens is 479 g/mol. The minimum absolute atomic E-state index is 0.211. The maximum absolute atomic E-state index is 13.7. The van der Waals surface area contributed by atoms with Crippen molar-refractivity contribution >= 4 is 28.9 Å². The van der Waals surface area contributed by atoms with Crippen molar-refractivity contribution in [2.75, 3.05) is 5.32 Å². The van der Waals surface area contributed by atoms with E-state index in [1.165, 1.54) is 24.3 Å². The largest absolute Gasteiger partial charge is 0.478 e. The molecule has 0 bridgehead atoms. The van der Waals surface area contributed by atoms with Gasteiger partial charge in [-0.15, -0.1) is 11.3 Å². The SMILES string of the molecule is Cc1cc(Nc2cc([C@H](C)F)ccn2)nc(-c2cnc([C@]3(O)CCCc4cc(C(=O)O)ccc43)s2)c1. The lowest BCUT2D eigenvalue weighted by atomic mass is 9.79. The number of alkyl halides is 1. The van der Waals surface area contributed by atoms with Gasteiger partial charge in [-0.25, -0.2) is 24.1 Å². The summed E-state index contributed by atoms with van der Waals surface area (Å²) in [5, 5.41) is 24.7. The second-order valence-corrected chi connectivity index (χ2v) is 10.1. The number of thiazole rings is 1. The van der Waals surface area contributed by atoms with Crippen LogP contribution in [-0.2, 0) is 12.0 Å². The summed E-state index contributed by atoms with van der Waals surface area (Å²) >= 11 is 1.36. The van der Waals surface area contributed by atoms with Crippen LogP contribution in [0.4, 0.5) is 16.0 Å². The number of pyridine rings is 2. The average Bonchev–Trinajstić information content (AvgIpc) is 3.35. The Balaban J connectivity index is 1.46. The van der Waals surface area contributed by atoms with Crippen molar-refractivity contribution in [1.29, 1.82) is 0 Å². The monoisotopic (exact) mass is 504 g/mol. The van der Waals surface area contributed by atoms with E-state index in [4.69, 9.17) is 4.98 Å². The number of nitrogens with zero attached hydrogens (tertiary/aromatic N) is 3. The molecule has 36 heavy (non-hydrogen) atoms. The van der Waals surface area contributed by atoms with Crippen LogP contribution in [0, 0.1) is 6.92 Å². The number of anilines is 2. The lowest BCUT2D eigenvalue weighted by molar-refractivity contribution is 0.0607. The van der Waals surface area contributed by atoms with Gasteiger partial charge in [0.25, 0.3) is 0 Å². The number of fused-ring (bicyclic) bond motifs is 1. The zero-order valence-corrected chi connectivity index (χ0v) is 20.6. The summed E-state index contributed by atoms with van der Waals surface area (Å²) < 4.78 is 13.7. The van der Waals surface area contributed by atoms with E-state index in [2.05, 4.69) is 15.3 Å². The molecule has 1 aliphatic carbocycles. The van der Waals surface area contributed by atoms with E-state index in [1.54, 1.807) is 36.7 Å². The molecule has 3 aromatic heterocycles. The predicted octanol–water partition coefficient (Wildman–Crippen LogP) is 5.95. The van der Waals surface area contributed by atoms with Crippen LogP contribution in [0.25, 0.3) is 10.6 Å². The lowest BCUT2D eigenvalue weighted by Gasteiger charge is -2.33. The summed E-state index contributed by atoms with van der Waals surface area (Å²) in [6, 6.07) is 12.0. The first kappa shape index (κ1) is 24.0. The summed E-state index contributed by atoms with van der Waals surface area (Å²) in [5.74, 6) is 0.0819. The molecule has 0 saturated heterocycles. The fourth-order valence-electron chi connectivity index (χ4n) is 4.56. The zero-order valence-electron chi connectivity index (χ0n) is 19.8. The Morgan fingerprint density at radius 1 is 1.17 bits per heavy atom. The number of hydrogen-bond donors (Lipinski definition) is 3. The highest BCUT2D eigenvalue weighted by Crippen LogP contribution is 2.43. The van der Waals surface area contributed by atoms with Crippen molar-refractivity contribution in [1.82, 2.24) is 15.0 Å². The number of benzene rings is 1. The van der Waals surface area contributed by atoms with Crippen LogP contribution in [0.15, 0.2) is 54.9 Å². The van der Waals surface area contributed by atoms with Crippen molar-refractivity contribution in [2.24, 2.45) is 0 Å². The number of hydrogen-bond acceptors (Lipinski definition) is 7. The molecule has 3 N–H and O–H groups in total.